The molecule has 0 radical (unpaired) electrons. The lowest BCUT2D eigenvalue weighted by molar-refractivity contribution is 0.00844. The Morgan fingerprint density at radius 1 is 1.09 bits per heavy atom. The fraction of sp³-hybridized carbons (Fsp3) is 0.722. The predicted molar refractivity (Wildman–Crippen MR) is 175 cm³/mol. The highest BCUT2D eigenvalue weighted by molar-refractivity contribution is 6.06. The molecule has 2 saturated heterocycles. The highest BCUT2D eigenvalue weighted by atomic mass is 16.6. The monoisotopic (exact) mass is 619 g/mol. The van der Waals surface area contributed by atoms with Crippen LogP contribution in [0.1, 0.15) is 89.3 Å². The average molecular weight is 620 g/mol. The number of amidine groups is 1. The molecule has 246 valence electrons. The number of carbonyl (C=O) groups is 2. The Bertz CT molecular complexity index is 1420. The fourth-order valence-corrected chi connectivity index (χ4v) is 8.86. The first kappa shape index (κ1) is 32.0. The van der Waals surface area contributed by atoms with Crippen LogP contribution >= 0.6 is 0 Å². The number of imidazole rings is 1. The van der Waals surface area contributed by atoms with Crippen molar-refractivity contribution in [3.63, 3.8) is 0 Å². The first-order valence-corrected chi connectivity index (χ1v) is 17.3. The normalized spacial score (nSPS) is 29.3. The number of ether oxygens (including phenoxy) is 2. The van der Waals surface area contributed by atoms with Crippen molar-refractivity contribution in [3.05, 3.63) is 35.8 Å². The third-order valence-electron chi connectivity index (χ3n) is 10.8. The zero-order valence-electron chi connectivity index (χ0n) is 28.2. The van der Waals surface area contributed by atoms with E-state index in [-0.39, 0.29) is 29.6 Å². The Kier molecular flexibility index (Phi) is 8.78. The van der Waals surface area contributed by atoms with Gasteiger partial charge >= 0.3 is 6.09 Å². The summed E-state index contributed by atoms with van der Waals surface area (Å²) in [5, 5.41) is 9.15. The number of pyridine rings is 1. The molecule has 45 heavy (non-hydrogen) atoms. The molecule has 0 aromatic carbocycles. The van der Waals surface area contributed by atoms with Crippen molar-refractivity contribution in [1.29, 1.82) is 5.41 Å². The molecule has 1 N–H and O–H groups in total. The second-order valence-electron chi connectivity index (χ2n) is 15.5. The lowest BCUT2D eigenvalue weighted by Crippen LogP contribution is -2.51. The maximum Gasteiger partial charge on any atom is 0.410 e. The molecule has 2 saturated carbocycles. The van der Waals surface area contributed by atoms with E-state index in [1.165, 1.54) is 0 Å². The number of piperidine rings is 1. The molecule has 2 aliphatic carbocycles. The summed E-state index contributed by atoms with van der Waals surface area (Å²) in [4.78, 5) is 37.3. The molecular formula is C36H53N5O4. The second kappa shape index (κ2) is 12.3. The number of fused-ring (bicyclic) bond motifs is 2. The Hall–Kier alpha value is -2.94. The number of nitrogens with zero attached hydrogens (tertiary/aromatic N) is 4. The zero-order chi connectivity index (χ0) is 32.1. The summed E-state index contributed by atoms with van der Waals surface area (Å²) < 4.78 is 13.2. The molecule has 6 atom stereocenters. The molecule has 6 rings (SSSR count). The fourth-order valence-electron chi connectivity index (χ4n) is 8.86. The first-order chi connectivity index (χ1) is 21.5. The van der Waals surface area contributed by atoms with Crippen molar-refractivity contribution in [3.8, 4) is 0 Å². The van der Waals surface area contributed by atoms with Crippen LogP contribution in [0.2, 0.25) is 0 Å². The summed E-state index contributed by atoms with van der Waals surface area (Å²) >= 11 is 0. The highest BCUT2D eigenvalue weighted by Gasteiger charge is 2.90. The van der Waals surface area contributed by atoms with Gasteiger partial charge in [-0.05, 0) is 107 Å². The Morgan fingerprint density at radius 3 is 2.53 bits per heavy atom. The number of nitrogens with one attached hydrogen (secondary N) is 1. The van der Waals surface area contributed by atoms with E-state index >= 15 is 0 Å². The van der Waals surface area contributed by atoms with Gasteiger partial charge in [0, 0.05) is 57.4 Å². The molecule has 3 unspecified atom stereocenters. The molecule has 4 heterocycles. The molecule has 4 aliphatic rings. The summed E-state index contributed by atoms with van der Waals surface area (Å²) in [5.74, 6) is 2.35. The van der Waals surface area contributed by atoms with Gasteiger partial charge in [0.25, 0.3) is 0 Å². The maximum absolute atomic E-state index is 14.9. The topological polar surface area (TPSA) is 100 Å². The molecule has 1 amide bonds. The lowest BCUT2D eigenvalue weighted by atomic mass is 9.75. The molecule has 4 fully saturated rings. The van der Waals surface area contributed by atoms with Gasteiger partial charge in [0.1, 0.15) is 22.8 Å². The number of aromatic nitrogens is 2. The number of carbonyl (C=O) groups excluding carboxylic acids is 2. The van der Waals surface area contributed by atoms with Crippen LogP contribution in [0.5, 0.6) is 0 Å². The van der Waals surface area contributed by atoms with Gasteiger partial charge in [-0.1, -0.05) is 19.9 Å². The average Bonchev–Trinajstić information content (AvgIpc) is 3.64. The quantitative estimate of drug-likeness (QED) is 0.136. The van der Waals surface area contributed by atoms with Crippen LogP contribution in [0.3, 0.4) is 0 Å². The maximum atomic E-state index is 14.9. The van der Waals surface area contributed by atoms with Crippen LogP contribution in [0, 0.1) is 46.3 Å². The minimum atomic E-state index is -0.591. The number of Topliss-reactive ketones (excluding diaryl/α,β-unsaturated/α-hetero) is 1. The van der Waals surface area contributed by atoms with E-state index in [0.29, 0.717) is 49.0 Å². The number of hydrogen-bond acceptors (Lipinski definition) is 6. The molecule has 9 nitrogen and oxygen atoms in total. The zero-order valence-corrected chi connectivity index (χ0v) is 28.2. The van der Waals surface area contributed by atoms with Gasteiger partial charge in [0.2, 0.25) is 0 Å². The van der Waals surface area contributed by atoms with Gasteiger partial charge in [-0.3, -0.25) is 10.2 Å². The highest BCUT2D eigenvalue weighted by Crippen LogP contribution is 2.88. The number of amides is 1. The van der Waals surface area contributed by atoms with E-state index in [1.54, 1.807) is 7.11 Å². The molecule has 2 aromatic rings. The Morgan fingerprint density at radius 2 is 1.84 bits per heavy atom. The number of hydrogen-bond donors (Lipinski definition) is 1. The molecule has 2 aliphatic heterocycles. The van der Waals surface area contributed by atoms with E-state index < -0.39 is 11.0 Å². The van der Waals surface area contributed by atoms with Gasteiger partial charge in [0.15, 0.2) is 5.78 Å². The molecule has 2 aromatic heterocycles. The summed E-state index contributed by atoms with van der Waals surface area (Å²) in [6.07, 6.45) is 8.45. The van der Waals surface area contributed by atoms with E-state index in [0.717, 1.165) is 69.4 Å². The Labute approximate surface area is 268 Å². The van der Waals surface area contributed by atoms with Crippen LogP contribution in [0.4, 0.5) is 4.79 Å². The van der Waals surface area contributed by atoms with Crippen molar-refractivity contribution in [2.75, 3.05) is 39.9 Å². The number of unbranched alkanes of at least 4 members (excludes halogenated alkanes) is 1. The van der Waals surface area contributed by atoms with Crippen molar-refractivity contribution in [2.45, 2.75) is 85.2 Å². The van der Waals surface area contributed by atoms with Gasteiger partial charge in [-0.2, -0.15) is 0 Å². The van der Waals surface area contributed by atoms with Gasteiger partial charge in [-0.15, -0.1) is 0 Å². The number of aryl methyl sites for hydroxylation is 1. The largest absolute Gasteiger partial charge is 0.444 e. The van der Waals surface area contributed by atoms with Crippen LogP contribution in [-0.2, 0) is 15.9 Å². The summed E-state index contributed by atoms with van der Waals surface area (Å²) in [5.41, 5.74) is 1.46. The van der Waals surface area contributed by atoms with E-state index in [9.17, 15) is 9.59 Å². The minimum absolute atomic E-state index is 0.0448. The SMILES string of the molecule is COCCCCc1c(C(=O)C23C(CC(C)C)[C@H]2[C@@H]3C2C[C@@H](C(=N)N3CCCC3)CN(C(=O)OC(C)(C)C)C2)nc2ccccn12. The Balaban J connectivity index is 1.30. The van der Waals surface area contributed by atoms with Gasteiger partial charge < -0.3 is 23.7 Å². The predicted octanol–water partition coefficient (Wildman–Crippen LogP) is 6.34. The standard InChI is InChI=1S/C36H53N5O4/c1-23(2)19-26-30-29(24-20-25(33(37)39-15-10-11-16-39)22-40(21-24)34(43)45-35(3,4)5)36(26,30)32(42)31-27(13-8-12-18-44-6)41-17-9-7-14-28(41)38-31/h7,9,14,17,23-26,29-30,37H,8,10-13,15-16,18-22H2,1-6H3/t24?,25-,26?,29+,30+,36?/m1/s1. The molecular weight excluding hydrogens is 566 g/mol. The molecule has 0 spiro atoms. The van der Waals surface area contributed by atoms with Crippen molar-refractivity contribution < 1.29 is 19.1 Å². The number of ketones is 1. The molecule has 9 heteroatoms. The third-order valence-corrected chi connectivity index (χ3v) is 10.8. The summed E-state index contributed by atoms with van der Waals surface area (Å²) in [7, 11) is 1.73. The second-order valence-corrected chi connectivity index (χ2v) is 15.5. The number of methoxy groups -OCH3 is 1. The van der Waals surface area contributed by atoms with Crippen molar-refractivity contribution in [1.82, 2.24) is 19.2 Å². The number of rotatable bonds is 11. The van der Waals surface area contributed by atoms with Crippen LogP contribution < -0.4 is 0 Å². The van der Waals surface area contributed by atoms with E-state index in [1.807, 2.05) is 50.1 Å². The first-order valence-electron chi connectivity index (χ1n) is 17.3. The van der Waals surface area contributed by atoms with Crippen LogP contribution in [0.25, 0.3) is 5.65 Å². The van der Waals surface area contributed by atoms with Crippen molar-refractivity contribution >= 4 is 23.4 Å². The summed E-state index contributed by atoms with van der Waals surface area (Å²) in [6, 6.07) is 5.97. The van der Waals surface area contributed by atoms with Crippen LogP contribution in [0.15, 0.2) is 24.4 Å². The number of likely N-dealkylation sites (tertiary alicyclic amines) is 2. The third kappa shape index (κ3) is 6.01. The smallest absolute Gasteiger partial charge is 0.410 e. The minimum Gasteiger partial charge on any atom is -0.444 e. The van der Waals surface area contributed by atoms with Crippen LogP contribution in [-0.4, -0.2) is 82.4 Å². The lowest BCUT2D eigenvalue weighted by Gasteiger charge is -2.42. The van der Waals surface area contributed by atoms with Crippen molar-refractivity contribution in [2.24, 2.45) is 40.9 Å². The van der Waals surface area contributed by atoms with Gasteiger partial charge in [-0.25, -0.2) is 9.78 Å². The van der Waals surface area contributed by atoms with E-state index in [2.05, 4.69) is 23.1 Å². The van der Waals surface area contributed by atoms with Gasteiger partial charge in [0.05, 0.1) is 5.69 Å². The summed E-state index contributed by atoms with van der Waals surface area (Å²) in [6.45, 7) is 13.8. The molecule has 0 bridgehead atoms. The van der Waals surface area contributed by atoms with E-state index in [4.69, 9.17) is 19.9 Å².